The molecule has 0 fully saturated rings. The lowest BCUT2D eigenvalue weighted by Crippen LogP contribution is -2.30. The SMILES string of the molecule is COc1cc(C(=O)NCCNc2ncccc2C(F)(F)F)c([N+](=O)[O-])c(OC)c1OC. The molecule has 2 N–H and O–H groups in total. The summed E-state index contributed by atoms with van der Waals surface area (Å²) < 4.78 is 54.2. The number of nitrogens with zero attached hydrogens (tertiary/aromatic N) is 2. The first kappa shape index (κ1) is 23.5. The first-order valence-corrected chi connectivity index (χ1v) is 8.67. The summed E-state index contributed by atoms with van der Waals surface area (Å²) in [5.74, 6) is -1.60. The number of nitro benzene ring substituents is 1. The van der Waals surface area contributed by atoms with Crippen molar-refractivity contribution in [1.29, 1.82) is 0 Å². The maximum absolute atomic E-state index is 13.0. The Hall–Kier alpha value is -3.77. The van der Waals surface area contributed by atoms with E-state index in [1.807, 2.05) is 0 Å². The Bertz CT molecular complexity index is 968. The number of nitrogens with one attached hydrogen (secondary N) is 2. The van der Waals surface area contributed by atoms with Crippen LogP contribution >= 0.6 is 0 Å². The van der Waals surface area contributed by atoms with Crippen molar-refractivity contribution in [2.24, 2.45) is 0 Å². The van der Waals surface area contributed by atoms with Crippen LogP contribution in [0.25, 0.3) is 0 Å². The number of alkyl halides is 3. The van der Waals surface area contributed by atoms with Crippen molar-refractivity contribution in [3.8, 4) is 17.2 Å². The second-order valence-electron chi connectivity index (χ2n) is 5.88. The average molecular weight is 444 g/mol. The van der Waals surface area contributed by atoms with E-state index < -0.39 is 34.1 Å². The summed E-state index contributed by atoms with van der Waals surface area (Å²) >= 11 is 0. The van der Waals surface area contributed by atoms with Gasteiger partial charge in [0.25, 0.3) is 5.91 Å². The predicted octanol–water partition coefficient (Wildman–Crippen LogP) is 2.88. The van der Waals surface area contributed by atoms with Crippen LogP contribution in [0.3, 0.4) is 0 Å². The molecule has 0 saturated heterocycles. The van der Waals surface area contributed by atoms with Gasteiger partial charge in [-0.25, -0.2) is 4.98 Å². The van der Waals surface area contributed by atoms with Crippen LogP contribution in [0.15, 0.2) is 24.4 Å². The van der Waals surface area contributed by atoms with Gasteiger partial charge in [-0.3, -0.25) is 14.9 Å². The molecule has 0 aliphatic carbocycles. The number of methoxy groups -OCH3 is 3. The Labute approximate surface area is 174 Å². The summed E-state index contributed by atoms with van der Waals surface area (Å²) in [6, 6.07) is 3.13. The first-order chi connectivity index (χ1) is 14.6. The fourth-order valence-electron chi connectivity index (χ4n) is 2.72. The number of pyridine rings is 1. The molecule has 0 aliphatic rings. The topological polar surface area (TPSA) is 125 Å². The highest BCUT2D eigenvalue weighted by Gasteiger charge is 2.34. The lowest BCUT2D eigenvalue weighted by atomic mass is 10.1. The number of amides is 1. The fourth-order valence-corrected chi connectivity index (χ4v) is 2.72. The van der Waals surface area contributed by atoms with E-state index in [2.05, 4.69) is 15.6 Å². The molecule has 0 spiro atoms. The smallest absolute Gasteiger partial charge is 0.419 e. The zero-order chi connectivity index (χ0) is 23.2. The molecule has 1 aromatic carbocycles. The van der Waals surface area contributed by atoms with Gasteiger partial charge < -0.3 is 24.8 Å². The number of hydrogen-bond donors (Lipinski definition) is 2. The zero-order valence-corrected chi connectivity index (χ0v) is 16.7. The summed E-state index contributed by atoms with van der Waals surface area (Å²) in [7, 11) is 3.70. The van der Waals surface area contributed by atoms with Gasteiger partial charge in [-0.2, -0.15) is 13.2 Å². The van der Waals surface area contributed by atoms with Crippen molar-refractivity contribution < 1.29 is 37.1 Å². The quantitative estimate of drug-likeness (QED) is 0.344. The molecule has 0 saturated carbocycles. The van der Waals surface area contributed by atoms with E-state index in [4.69, 9.17) is 14.2 Å². The van der Waals surface area contributed by atoms with Crippen LogP contribution in [0, 0.1) is 10.1 Å². The molecular formula is C18H19F3N4O6. The van der Waals surface area contributed by atoms with E-state index in [1.54, 1.807) is 0 Å². The summed E-state index contributed by atoms with van der Waals surface area (Å²) in [6.45, 7) is -0.273. The normalized spacial score (nSPS) is 10.9. The third-order valence-corrected chi connectivity index (χ3v) is 4.05. The van der Waals surface area contributed by atoms with Gasteiger partial charge in [0.2, 0.25) is 11.5 Å². The van der Waals surface area contributed by atoms with Crippen LogP contribution in [0.5, 0.6) is 17.2 Å². The number of carbonyl (C=O) groups is 1. The number of rotatable bonds is 9. The minimum absolute atomic E-state index is 0.0246. The lowest BCUT2D eigenvalue weighted by Gasteiger charge is -2.15. The molecule has 1 amide bonds. The minimum Gasteiger partial charge on any atom is -0.493 e. The number of hydrogen-bond acceptors (Lipinski definition) is 8. The molecule has 13 heteroatoms. The molecule has 10 nitrogen and oxygen atoms in total. The number of aromatic nitrogens is 1. The molecule has 1 heterocycles. The largest absolute Gasteiger partial charge is 0.493 e. The molecule has 0 radical (unpaired) electrons. The molecular weight excluding hydrogens is 425 g/mol. The van der Waals surface area contributed by atoms with Gasteiger partial charge in [0, 0.05) is 25.4 Å². The number of ether oxygens (including phenoxy) is 3. The third-order valence-electron chi connectivity index (χ3n) is 4.05. The molecule has 31 heavy (non-hydrogen) atoms. The van der Waals surface area contributed by atoms with Crippen LogP contribution in [-0.4, -0.2) is 50.2 Å². The van der Waals surface area contributed by atoms with E-state index in [-0.39, 0.29) is 35.9 Å². The number of halogens is 3. The average Bonchev–Trinajstić information content (AvgIpc) is 2.74. The summed E-state index contributed by atoms with van der Waals surface area (Å²) in [6.07, 6.45) is -3.41. The molecule has 0 unspecified atom stereocenters. The monoisotopic (exact) mass is 444 g/mol. The Kier molecular flexibility index (Phi) is 7.45. The molecule has 0 aliphatic heterocycles. The standard InChI is InChI=1S/C18H19F3N4O6/c1-29-12-9-10(13(25(27)28)15(31-3)14(12)30-2)17(26)24-8-7-23-16-11(18(19,20)21)5-4-6-22-16/h4-6,9H,7-8H2,1-3H3,(H,22,23)(H,24,26). The lowest BCUT2D eigenvalue weighted by molar-refractivity contribution is -0.386. The molecule has 2 aromatic rings. The highest BCUT2D eigenvalue weighted by atomic mass is 19.4. The van der Waals surface area contributed by atoms with Gasteiger partial charge in [-0.15, -0.1) is 0 Å². The number of benzene rings is 1. The first-order valence-electron chi connectivity index (χ1n) is 8.67. The van der Waals surface area contributed by atoms with Crippen molar-refractivity contribution in [2.45, 2.75) is 6.18 Å². The van der Waals surface area contributed by atoms with Gasteiger partial charge in [0.1, 0.15) is 11.4 Å². The van der Waals surface area contributed by atoms with Crippen LogP contribution in [0.2, 0.25) is 0 Å². The van der Waals surface area contributed by atoms with Crippen LogP contribution in [0.1, 0.15) is 15.9 Å². The molecule has 2 rings (SSSR count). The Morgan fingerprint density at radius 1 is 1.16 bits per heavy atom. The van der Waals surface area contributed by atoms with Crippen LogP contribution in [-0.2, 0) is 6.18 Å². The van der Waals surface area contributed by atoms with E-state index in [0.29, 0.717) is 0 Å². The van der Waals surface area contributed by atoms with Crippen molar-refractivity contribution in [1.82, 2.24) is 10.3 Å². The maximum Gasteiger partial charge on any atom is 0.419 e. The number of carbonyl (C=O) groups excluding carboxylic acids is 1. The van der Waals surface area contributed by atoms with Gasteiger partial charge in [0.05, 0.1) is 31.8 Å². The van der Waals surface area contributed by atoms with Crippen molar-refractivity contribution in [2.75, 3.05) is 39.7 Å². The summed E-state index contributed by atoms with van der Waals surface area (Å²) in [5, 5.41) is 16.4. The maximum atomic E-state index is 13.0. The fraction of sp³-hybridized carbons (Fsp3) is 0.333. The second-order valence-corrected chi connectivity index (χ2v) is 5.88. The third kappa shape index (κ3) is 5.24. The van der Waals surface area contributed by atoms with Crippen LogP contribution in [0.4, 0.5) is 24.7 Å². The predicted molar refractivity (Wildman–Crippen MR) is 103 cm³/mol. The minimum atomic E-state index is -4.60. The van der Waals surface area contributed by atoms with Gasteiger partial charge in [-0.05, 0) is 12.1 Å². The van der Waals surface area contributed by atoms with Crippen LogP contribution < -0.4 is 24.8 Å². The Morgan fingerprint density at radius 2 is 1.84 bits per heavy atom. The molecule has 0 bridgehead atoms. The van der Waals surface area contributed by atoms with E-state index >= 15 is 0 Å². The number of anilines is 1. The van der Waals surface area contributed by atoms with Gasteiger partial charge in [0.15, 0.2) is 5.75 Å². The van der Waals surface area contributed by atoms with Crippen molar-refractivity contribution in [3.63, 3.8) is 0 Å². The second kappa shape index (κ2) is 9.82. The highest BCUT2D eigenvalue weighted by molar-refractivity contribution is 6.00. The van der Waals surface area contributed by atoms with Gasteiger partial charge >= 0.3 is 11.9 Å². The van der Waals surface area contributed by atoms with E-state index in [1.165, 1.54) is 27.5 Å². The summed E-state index contributed by atoms with van der Waals surface area (Å²) in [4.78, 5) is 26.9. The highest BCUT2D eigenvalue weighted by Crippen LogP contribution is 2.46. The Morgan fingerprint density at radius 3 is 2.39 bits per heavy atom. The molecule has 0 atom stereocenters. The van der Waals surface area contributed by atoms with Gasteiger partial charge in [-0.1, -0.05) is 0 Å². The molecule has 168 valence electrons. The van der Waals surface area contributed by atoms with Crippen molar-refractivity contribution >= 4 is 17.4 Å². The number of nitro groups is 1. The van der Waals surface area contributed by atoms with E-state index in [0.717, 1.165) is 18.2 Å². The summed E-state index contributed by atoms with van der Waals surface area (Å²) in [5.41, 5.74) is -1.97. The Balaban J connectivity index is 2.19. The molecule has 1 aromatic heterocycles. The van der Waals surface area contributed by atoms with E-state index in [9.17, 15) is 28.1 Å². The van der Waals surface area contributed by atoms with Crippen molar-refractivity contribution in [3.05, 3.63) is 45.6 Å². The zero-order valence-electron chi connectivity index (χ0n) is 16.7.